The van der Waals surface area contributed by atoms with Crippen LogP contribution in [-0.4, -0.2) is 45.9 Å². The maximum absolute atomic E-state index is 12.3. The molecule has 2 aromatic rings. The van der Waals surface area contributed by atoms with Gasteiger partial charge in [-0.05, 0) is 46.9 Å². The number of ether oxygens (including phenoxy) is 4. The van der Waals surface area contributed by atoms with E-state index in [0.717, 1.165) is 5.56 Å². The number of nitriles is 1. The van der Waals surface area contributed by atoms with E-state index in [1.165, 1.54) is 26.4 Å². The van der Waals surface area contributed by atoms with Crippen LogP contribution in [0, 0.1) is 11.3 Å². The maximum atomic E-state index is 12.3. The first-order valence-electron chi connectivity index (χ1n) is 10.7. The zero-order chi connectivity index (χ0) is 25.1. The number of rotatable bonds is 10. The topological polar surface area (TPSA) is 107 Å². The fourth-order valence-electron chi connectivity index (χ4n) is 2.88. The lowest BCUT2D eigenvalue weighted by Crippen LogP contribution is -2.27. The molecule has 2 rings (SSSR count). The van der Waals surface area contributed by atoms with Gasteiger partial charge in [0.1, 0.15) is 17.4 Å². The number of hydrogen-bond donors (Lipinski definition) is 1. The van der Waals surface area contributed by atoms with Crippen LogP contribution in [0.25, 0.3) is 6.08 Å². The van der Waals surface area contributed by atoms with E-state index in [1.807, 2.05) is 30.3 Å². The average Bonchev–Trinajstić information content (AvgIpc) is 2.81. The van der Waals surface area contributed by atoms with Gasteiger partial charge in [-0.15, -0.1) is 0 Å². The Balaban J connectivity index is 2.03. The Bertz CT molecular complexity index is 1060. The number of amides is 1. The highest BCUT2D eigenvalue weighted by Crippen LogP contribution is 2.29. The molecule has 1 N–H and O–H groups in total. The molecule has 180 valence electrons. The molecule has 34 heavy (non-hydrogen) atoms. The number of carbonyl (C=O) groups excluding carboxylic acids is 2. The Hall–Kier alpha value is -3.83. The summed E-state index contributed by atoms with van der Waals surface area (Å²) in [6.07, 6.45) is 1.42. The monoisotopic (exact) mass is 466 g/mol. The number of hydrogen-bond acceptors (Lipinski definition) is 7. The molecule has 1 amide bonds. The molecule has 0 radical (unpaired) electrons. The SMILES string of the molecule is COCCNC(=O)/C(C#N)=C/c1ccc(OC(=O)COc2ccc(C(C)(C)C)cc2)c(OC)c1. The summed E-state index contributed by atoms with van der Waals surface area (Å²) >= 11 is 0. The molecule has 0 aromatic heterocycles. The number of nitrogens with zero attached hydrogens (tertiary/aromatic N) is 1. The van der Waals surface area contributed by atoms with Gasteiger partial charge in [-0.3, -0.25) is 4.79 Å². The quantitative estimate of drug-likeness (QED) is 0.187. The molecule has 0 aliphatic rings. The van der Waals surface area contributed by atoms with Crippen molar-refractivity contribution in [3.8, 4) is 23.3 Å². The van der Waals surface area contributed by atoms with E-state index < -0.39 is 11.9 Å². The molecular formula is C26H30N2O6. The van der Waals surface area contributed by atoms with Crippen LogP contribution in [-0.2, 0) is 19.7 Å². The second kappa shape index (κ2) is 12.4. The zero-order valence-corrected chi connectivity index (χ0v) is 20.1. The lowest BCUT2D eigenvalue weighted by atomic mass is 9.87. The molecule has 0 aliphatic carbocycles. The molecule has 0 fully saturated rings. The first kappa shape index (κ1) is 26.4. The van der Waals surface area contributed by atoms with Gasteiger partial charge < -0.3 is 24.3 Å². The summed E-state index contributed by atoms with van der Waals surface area (Å²) in [6, 6.07) is 14.1. The van der Waals surface area contributed by atoms with E-state index in [4.69, 9.17) is 18.9 Å². The van der Waals surface area contributed by atoms with Crippen LogP contribution in [0.2, 0.25) is 0 Å². The number of carbonyl (C=O) groups is 2. The molecule has 0 aliphatic heterocycles. The van der Waals surface area contributed by atoms with Gasteiger partial charge in [0.05, 0.1) is 13.7 Å². The number of methoxy groups -OCH3 is 2. The second-order valence-electron chi connectivity index (χ2n) is 8.37. The van der Waals surface area contributed by atoms with E-state index in [0.29, 0.717) is 17.9 Å². The van der Waals surface area contributed by atoms with Gasteiger partial charge >= 0.3 is 5.97 Å². The number of nitrogens with one attached hydrogen (secondary N) is 1. The van der Waals surface area contributed by atoms with Crippen LogP contribution in [0.1, 0.15) is 31.9 Å². The van der Waals surface area contributed by atoms with Gasteiger partial charge in [-0.25, -0.2) is 4.79 Å². The van der Waals surface area contributed by atoms with E-state index in [1.54, 1.807) is 12.1 Å². The van der Waals surface area contributed by atoms with Gasteiger partial charge in [0.2, 0.25) is 0 Å². The van der Waals surface area contributed by atoms with E-state index >= 15 is 0 Å². The fourth-order valence-corrected chi connectivity index (χ4v) is 2.88. The predicted octanol–water partition coefficient (Wildman–Crippen LogP) is 3.65. The molecule has 2 aromatic carbocycles. The summed E-state index contributed by atoms with van der Waals surface area (Å²) in [5.74, 6) is -0.0864. The highest BCUT2D eigenvalue weighted by molar-refractivity contribution is 6.01. The van der Waals surface area contributed by atoms with Crippen LogP contribution < -0.4 is 19.5 Å². The molecule has 0 unspecified atom stereocenters. The summed E-state index contributed by atoms with van der Waals surface area (Å²) in [5.41, 5.74) is 1.64. The number of benzene rings is 2. The molecule has 0 saturated heterocycles. The van der Waals surface area contributed by atoms with Crippen molar-refractivity contribution >= 4 is 18.0 Å². The lowest BCUT2D eigenvalue weighted by Gasteiger charge is -2.19. The lowest BCUT2D eigenvalue weighted by molar-refractivity contribution is -0.136. The van der Waals surface area contributed by atoms with Gasteiger partial charge in [0, 0.05) is 13.7 Å². The van der Waals surface area contributed by atoms with E-state index in [2.05, 4.69) is 26.1 Å². The van der Waals surface area contributed by atoms with Gasteiger partial charge in [-0.2, -0.15) is 5.26 Å². The third-order valence-corrected chi connectivity index (χ3v) is 4.76. The first-order chi connectivity index (χ1) is 16.2. The Morgan fingerprint density at radius 1 is 1.06 bits per heavy atom. The van der Waals surface area contributed by atoms with Gasteiger partial charge in [-0.1, -0.05) is 39.0 Å². The predicted molar refractivity (Wildman–Crippen MR) is 128 cm³/mol. The molecule has 0 spiro atoms. The highest BCUT2D eigenvalue weighted by Gasteiger charge is 2.15. The Kier molecular flexibility index (Phi) is 9.65. The molecular weight excluding hydrogens is 436 g/mol. The maximum Gasteiger partial charge on any atom is 0.349 e. The summed E-state index contributed by atoms with van der Waals surface area (Å²) in [5, 5.41) is 11.9. The minimum Gasteiger partial charge on any atom is -0.493 e. The summed E-state index contributed by atoms with van der Waals surface area (Å²) in [6.45, 7) is 6.70. The Morgan fingerprint density at radius 3 is 2.35 bits per heavy atom. The van der Waals surface area contributed by atoms with Gasteiger partial charge in [0.25, 0.3) is 5.91 Å². The standard InChI is InChI=1S/C26H30N2O6/c1-26(2,3)20-7-9-21(10-8-20)33-17-24(29)34-22-11-6-18(15-23(22)32-5)14-19(16-27)25(30)28-12-13-31-4/h6-11,14-15H,12-13,17H2,1-5H3,(H,28,30)/b19-14+. The third kappa shape index (κ3) is 7.94. The third-order valence-electron chi connectivity index (χ3n) is 4.76. The second-order valence-corrected chi connectivity index (χ2v) is 8.37. The Labute approximate surface area is 200 Å². The minimum atomic E-state index is -0.600. The van der Waals surface area contributed by atoms with Crippen molar-refractivity contribution in [2.24, 2.45) is 0 Å². The highest BCUT2D eigenvalue weighted by atomic mass is 16.6. The van der Waals surface area contributed by atoms with Crippen molar-refractivity contribution in [2.45, 2.75) is 26.2 Å². The van der Waals surface area contributed by atoms with Crippen LogP contribution in [0.4, 0.5) is 0 Å². The van der Waals surface area contributed by atoms with Crippen molar-refractivity contribution in [2.75, 3.05) is 34.0 Å². The van der Waals surface area contributed by atoms with Crippen molar-refractivity contribution in [3.63, 3.8) is 0 Å². The van der Waals surface area contributed by atoms with Gasteiger partial charge in [0.15, 0.2) is 18.1 Å². The largest absolute Gasteiger partial charge is 0.493 e. The molecule has 8 heteroatoms. The number of esters is 1. The summed E-state index contributed by atoms with van der Waals surface area (Å²) in [7, 11) is 2.94. The molecule has 0 saturated carbocycles. The van der Waals surface area contributed by atoms with Crippen molar-refractivity contribution in [1.29, 1.82) is 5.26 Å². The van der Waals surface area contributed by atoms with Crippen molar-refractivity contribution in [3.05, 3.63) is 59.2 Å². The van der Waals surface area contributed by atoms with Crippen molar-refractivity contribution < 1.29 is 28.5 Å². The van der Waals surface area contributed by atoms with Crippen molar-refractivity contribution in [1.82, 2.24) is 5.32 Å². The fraction of sp³-hybridized carbons (Fsp3) is 0.346. The minimum absolute atomic E-state index is 0.0250. The van der Waals surface area contributed by atoms with Crippen LogP contribution in [0.3, 0.4) is 0 Å². The van der Waals surface area contributed by atoms with E-state index in [-0.39, 0.29) is 35.6 Å². The van der Waals surface area contributed by atoms with Crippen LogP contribution in [0.5, 0.6) is 17.2 Å². The Morgan fingerprint density at radius 2 is 1.76 bits per heavy atom. The van der Waals surface area contributed by atoms with Crippen LogP contribution >= 0.6 is 0 Å². The first-order valence-corrected chi connectivity index (χ1v) is 10.7. The molecule has 8 nitrogen and oxygen atoms in total. The van der Waals surface area contributed by atoms with Crippen LogP contribution in [0.15, 0.2) is 48.0 Å². The zero-order valence-electron chi connectivity index (χ0n) is 20.1. The smallest absolute Gasteiger partial charge is 0.349 e. The summed E-state index contributed by atoms with van der Waals surface area (Å²) < 4.78 is 21.1. The van der Waals surface area contributed by atoms with E-state index in [9.17, 15) is 14.9 Å². The normalized spacial score (nSPS) is 11.4. The molecule has 0 bridgehead atoms. The molecule has 0 atom stereocenters. The molecule has 0 heterocycles. The average molecular weight is 467 g/mol. The summed E-state index contributed by atoms with van der Waals surface area (Å²) in [4.78, 5) is 24.4.